The molecule has 1 unspecified atom stereocenters. The lowest BCUT2D eigenvalue weighted by atomic mass is 10.0. The molecule has 1 fully saturated rings. The van der Waals surface area contributed by atoms with Crippen LogP contribution in [0.4, 0.5) is 19.0 Å². The maximum atomic E-state index is 14.8. The summed E-state index contributed by atoms with van der Waals surface area (Å²) in [5, 5.41) is 12.6. The highest BCUT2D eigenvalue weighted by Gasteiger charge is 2.49. The van der Waals surface area contributed by atoms with Gasteiger partial charge in [-0.15, -0.1) is 0 Å². The molecule has 1 aliphatic rings. The van der Waals surface area contributed by atoms with Crippen LogP contribution in [-0.4, -0.2) is 48.6 Å². The van der Waals surface area contributed by atoms with Crippen molar-refractivity contribution in [2.24, 2.45) is 5.41 Å². The number of nitrogens with one attached hydrogen (secondary N) is 1. The minimum Gasteiger partial charge on any atom is -0.493 e. The topological polar surface area (TPSA) is 85.7 Å². The van der Waals surface area contributed by atoms with E-state index in [4.69, 9.17) is 19.3 Å². The minimum absolute atomic E-state index is 0.0129. The van der Waals surface area contributed by atoms with E-state index in [1.165, 1.54) is 12.1 Å². The molecule has 2 aromatic carbocycles. The van der Waals surface area contributed by atoms with E-state index in [9.17, 15) is 13.2 Å². The van der Waals surface area contributed by atoms with Crippen molar-refractivity contribution in [1.29, 1.82) is 0 Å². The molecule has 1 aromatic heterocycles. The first-order valence-electron chi connectivity index (χ1n) is 11.7. The number of hydrogen-bond donors (Lipinski definition) is 2. The molecule has 4 rings (SSSR count). The first kappa shape index (κ1) is 26.0. The van der Waals surface area contributed by atoms with E-state index in [-0.39, 0.29) is 23.6 Å². The number of fused-ring (bicyclic) bond motifs is 1. The van der Waals surface area contributed by atoms with E-state index < -0.39 is 23.9 Å². The number of methoxy groups -OCH3 is 2. The number of halogens is 3. The Labute approximate surface area is 207 Å². The summed E-state index contributed by atoms with van der Waals surface area (Å²) in [4.78, 5) is 8.93. The predicted molar refractivity (Wildman–Crippen MR) is 129 cm³/mol. The third-order valence-corrected chi connectivity index (χ3v) is 6.70. The van der Waals surface area contributed by atoms with Gasteiger partial charge in [0.1, 0.15) is 30.2 Å². The lowest BCUT2D eigenvalue weighted by Gasteiger charge is -2.25. The quantitative estimate of drug-likeness (QED) is 0.380. The predicted octanol–water partition coefficient (Wildman–Crippen LogP) is 4.98. The van der Waals surface area contributed by atoms with Crippen LogP contribution in [0.5, 0.6) is 11.5 Å². The van der Waals surface area contributed by atoms with Crippen molar-refractivity contribution in [2.45, 2.75) is 45.3 Å². The number of aliphatic hydroxyl groups is 1. The van der Waals surface area contributed by atoms with Gasteiger partial charge in [0.05, 0.1) is 24.8 Å². The van der Waals surface area contributed by atoms with Crippen molar-refractivity contribution in [2.75, 3.05) is 32.8 Å². The molecule has 0 aliphatic heterocycles. The molecular formula is C26H30F3N3O4. The van der Waals surface area contributed by atoms with Crippen LogP contribution in [0.15, 0.2) is 30.3 Å². The van der Waals surface area contributed by atoms with Crippen molar-refractivity contribution in [3.8, 4) is 11.5 Å². The maximum Gasteiger partial charge on any atom is 0.298 e. The molecule has 1 heterocycles. The highest BCUT2D eigenvalue weighted by molar-refractivity contribution is 5.91. The molecule has 2 N–H and O–H groups in total. The molecule has 0 radical (unpaired) electrons. The Bertz CT molecular complexity index is 1250. The van der Waals surface area contributed by atoms with Crippen LogP contribution in [0.25, 0.3) is 10.9 Å². The number of alkyl halides is 2. The zero-order valence-corrected chi connectivity index (χ0v) is 20.7. The molecule has 7 nitrogen and oxygen atoms in total. The number of aliphatic hydroxyl groups excluding tert-OH is 1. The van der Waals surface area contributed by atoms with Gasteiger partial charge in [-0.05, 0) is 38.8 Å². The Morgan fingerprint density at radius 2 is 1.92 bits per heavy atom. The van der Waals surface area contributed by atoms with Crippen molar-refractivity contribution < 1.29 is 32.5 Å². The number of rotatable bonds is 11. The smallest absolute Gasteiger partial charge is 0.298 e. The van der Waals surface area contributed by atoms with E-state index in [2.05, 4.69) is 15.3 Å². The van der Waals surface area contributed by atoms with Crippen molar-refractivity contribution in [3.63, 3.8) is 0 Å². The second kappa shape index (κ2) is 10.1. The zero-order chi connectivity index (χ0) is 26.1. The van der Waals surface area contributed by atoms with Gasteiger partial charge in [-0.25, -0.2) is 14.4 Å². The van der Waals surface area contributed by atoms with E-state index in [0.717, 1.165) is 18.9 Å². The average molecular weight is 506 g/mol. The molecule has 3 aromatic rings. The van der Waals surface area contributed by atoms with Gasteiger partial charge >= 0.3 is 0 Å². The van der Waals surface area contributed by atoms with Crippen LogP contribution < -0.4 is 14.8 Å². The first-order chi connectivity index (χ1) is 17.1. The molecule has 194 valence electrons. The molecule has 1 saturated carbocycles. The number of aryl methyl sites for hydroxylation is 1. The van der Waals surface area contributed by atoms with Crippen LogP contribution in [0, 0.1) is 18.2 Å². The van der Waals surface area contributed by atoms with E-state index in [1.807, 2.05) is 6.92 Å². The fraction of sp³-hybridized carbons (Fsp3) is 0.462. The van der Waals surface area contributed by atoms with E-state index >= 15 is 0 Å². The number of hydrogen-bond acceptors (Lipinski definition) is 7. The fourth-order valence-electron chi connectivity index (χ4n) is 4.33. The van der Waals surface area contributed by atoms with Gasteiger partial charge in [-0.3, -0.25) is 0 Å². The van der Waals surface area contributed by atoms with Gasteiger partial charge in [0.2, 0.25) is 0 Å². The van der Waals surface area contributed by atoms with Crippen molar-refractivity contribution in [3.05, 3.63) is 53.1 Å². The zero-order valence-electron chi connectivity index (χ0n) is 20.7. The summed E-state index contributed by atoms with van der Waals surface area (Å²) in [6.45, 7) is 2.72. The van der Waals surface area contributed by atoms with Gasteiger partial charge in [-0.1, -0.05) is 12.1 Å². The summed E-state index contributed by atoms with van der Waals surface area (Å²) in [6, 6.07) is 7.21. The van der Waals surface area contributed by atoms with E-state index in [1.54, 1.807) is 33.3 Å². The highest BCUT2D eigenvalue weighted by atomic mass is 19.3. The van der Waals surface area contributed by atoms with Crippen LogP contribution in [0.2, 0.25) is 0 Å². The lowest BCUT2D eigenvalue weighted by Crippen LogP contribution is -2.29. The maximum absolute atomic E-state index is 14.8. The number of benzene rings is 2. The minimum atomic E-state index is -3.68. The molecule has 1 aliphatic carbocycles. The van der Waals surface area contributed by atoms with Gasteiger partial charge in [-0.2, -0.15) is 8.78 Å². The summed E-state index contributed by atoms with van der Waals surface area (Å²) in [5.41, 5.74) is -0.300. The van der Waals surface area contributed by atoms with Crippen molar-refractivity contribution in [1.82, 2.24) is 9.97 Å². The molecule has 0 saturated heterocycles. The Balaban J connectivity index is 1.66. The molecule has 1 atom stereocenters. The second-order valence-corrected chi connectivity index (χ2v) is 9.19. The van der Waals surface area contributed by atoms with Crippen LogP contribution in [0.1, 0.15) is 36.7 Å². The lowest BCUT2D eigenvalue weighted by molar-refractivity contribution is -0.0583. The number of nitrogens with zero attached hydrogens (tertiary/aromatic N) is 2. The fourth-order valence-corrected chi connectivity index (χ4v) is 4.33. The first-order valence-corrected chi connectivity index (χ1v) is 11.7. The number of aromatic nitrogens is 2. The Morgan fingerprint density at radius 1 is 1.17 bits per heavy atom. The van der Waals surface area contributed by atoms with Crippen LogP contribution in [0.3, 0.4) is 0 Å². The van der Waals surface area contributed by atoms with Gasteiger partial charge < -0.3 is 24.6 Å². The third-order valence-electron chi connectivity index (χ3n) is 6.70. The Hall–Kier alpha value is -3.11. The summed E-state index contributed by atoms with van der Waals surface area (Å²) < 4.78 is 59.9. The Kier molecular flexibility index (Phi) is 7.28. The van der Waals surface area contributed by atoms with Crippen LogP contribution >= 0.6 is 0 Å². The van der Waals surface area contributed by atoms with Gasteiger partial charge in [0.15, 0.2) is 11.5 Å². The normalized spacial score (nSPS) is 15.6. The summed E-state index contributed by atoms with van der Waals surface area (Å²) >= 11 is 0. The number of ether oxygens (including phenoxy) is 3. The molecule has 0 amide bonds. The van der Waals surface area contributed by atoms with Crippen molar-refractivity contribution >= 4 is 16.7 Å². The molecule has 0 bridgehead atoms. The number of anilines is 1. The SMILES string of the molecule is COCC1(C(C)Oc2cc3c(NCc4cccc(C(F)(F)CO)c4F)nc(C)nc3cc2OC)CC1. The summed E-state index contributed by atoms with van der Waals surface area (Å²) in [7, 11) is 3.22. The van der Waals surface area contributed by atoms with Gasteiger partial charge in [0.25, 0.3) is 5.92 Å². The molecule has 36 heavy (non-hydrogen) atoms. The standard InChI is InChI=1S/C26H30F3N3O4/c1-15(25(8-9-25)14-34-3)36-22-10-18-20(11-21(22)35-4)31-16(2)32-24(18)30-12-17-6-5-7-19(23(17)27)26(28,29)13-33/h5-7,10-11,15,33H,8-9,12-14H2,1-4H3,(H,30,31,32). The van der Waals surface area contributed by atoms with Gasteiger partial charge in [0, 0.05) is 36.1 Å². The summed E-state index contributed by atoms with van der Waals surface area (Å²) in [6.07, 6.45) is 1.89. The van der Waals surface area contributed by atoms with E-state index in [0.29, 0.717) is 40.7 Å². The summed E-state index contributed by atoms with van der Waals surface area (Å²) in [5.74, 6) is -2.88. The largest absolute Gasteiger partial charge is 0.493 e. The average Bonchev–Trinajstić information content (AvgIpc) is 3.64. The molecule has 10 heteroatoms. The second-order valence-electron chi connectivity index (χ2n) is 9.19. The highest BCUT2D eigenvalue weighted by Crippen LogP contribution is 2.51. The van der Waals surface area contributed by atoms with Crippen LogP contribution in [-0.2, 0) is 17.2 Å². The molecule has 0 spiro atoms. The molecular weight excluding hydrogens is 475 g/mol. The third kappa shape index (κ3) is 5.05. The monoisotopic (exact) mass is 505 g/mol. The Morgan fingerprint density at radius 3 is 2.56 bits per heavy atom.